The van der Waals surface area contributed by atoms with Crippen LogP contribution in [0.1, 0.15) is 0 Å². The minimum atomic E-state index is 0.507. The molecule has 0 aliphatic heterocycles. The number of azide groups is 1. The van der Waals surface area contributed by atoms with Gasteiger partial charge >= 0.3 is 0 Å². The number of hydrogen-bond acceptors (Lipinski definition) is 2. The zero-order valence-corrected chi connectivity index (χ0v) is 8.48. The van der Waals surface area contributed by atoms with Crippen molar-refractivity contribution in [1.82, 2.24) is 10.2 Å². The van der Waals surface area contributed by atoms with Crippen molar-refractivity contribution in [2.24, 2.45) is 5.11 Å². The zero-order valence-electron chi connectivity index (χ0n) is 8.48. The molecule has 0 saturated carbocycles. The van der Waals surface area contributed by atoms with Crippen LogP contribution < -0.4 is 0 Å². The Bertz CT molecular complexity index is 213. The summed E-state index contributed by atoms with van der Waals surface area (Å²) < 4.78 is 96.0. The number of aromatic nitrogens is 2. The first-order valence-corrected chi connectivity index (χ1v) is 2.83. The lowest BCUT2D eigenvalue weighted by Gasteiger charge is -1.67. The molecule has 1 aromatic heterocycles. The van der Waals surface area contributed by atoms with E-state index in [0.717, 1.165) is 0 Å². The number of nitrogens with one attached hydrogen (secondary N) is 1. The Morgan fingerprint density at radius 1 is 0.850 bits per heavy atom. The Kier molecular flexibility index (Phi) is 166. The Morgan fingerprint density at radius 2 is 1.20 bits per heavy atom. The van der Waals surface area contributed by atoms with Crippen molar-refractivity contribution in [3.63, 3.8) is 0 Å². The molecule has 20 heavy (non-hydrogen) atoms. The van der Waals surface area contributed by atoms with Crippen molar-refractivity contribution in [2.75, 3.05) is 0 Å². The van der Waals surface area contributed by atoms with Gasteiger partial charge in [-0.1, -0.05) is 5.11 Å². The van der Waals surface area contributed by atoms with E-state index in [1.165, 1.54) is 12.4 Å². The minimum absolute atomic E-state index is 0.507. The Labute approximate surface area is 100 Å². The maximum atomic E-state index is 8.00. The maximum Gasteiger partial charge on any atom is 0.0752 e. The molecule has 1 N–H and O–H groups in total. The van der Waals surface area contributed by atoms with Gasteiger partial charge in [-0.2, -0.15) is 5.10 Å². The number of halogens is 12. The first-order valence-electron chi connectivity index (χ1n) is 2.83. The lowest BCUT2D eigenvalue weighted by atomic mass is 10.6. The van der Waals surface area contributed by atoms with Crippen molar-refractivity contribution < 1.29 is 54.9 Å². The van der Waals surface area contributed by atoms with Gasteiger partial charge < -0.3 is 0 Å². The van der Waals surface area contributed by atoms with E-state index in [4.69, 9.17) is 60.4 Å². The van der Waals surface area contributed by atoms with Crippen LogP contribution in [0, 0.1) is 0 Å². The first kappa shape index (κ1) is 36.1. The molecule has 0 aliphatic rings. The van der Waals surface area contributed by atoms with Gasteiger partial charge in [0.05, 0.1) is 11.9 Å². The summed E-state index contributed by atoms with van der Waals surface area (Å²) in [5.41, 5.74) is 8.36. The maximum absolute atomic E-state index is 8.00. The first-order chi connectivity index (χ1) is 9.93. The van der Waals surface area contributed by atoms with Gasteiger partial charge in [0.25, 0.3) is 0 Å². The van der Waals surface area contributed by atoms with E-state index in [2.05, 4.69) is 20.2 Å². The molecule has 17 heteroatoms. The van der Waals surface area contributed by atoms with Crippen LogP contribution in [-0.4, -0.2) is 10.2 Å². The molecule has 1 rings (SSSR count). The fourth-order valence-electron chi connectivity index (χ4n) is 0.350. The lowest BCUT2D eigenvalue weighted by molar-refractivity contribution is 0.108. The normalized spacial score (nSPS) is 5.00. The van der Waals surface area contributed by atoms with Crippen molar-refractivity contribution in [3.05, 3.63) is 22.8 Å². The largest absolute Gasteiger partial charge is 0.285 e. The topological polar surface area (TPSA) is 77.4 Å². The summed E-state index contributed by atoms with van der Waals surface area (Å²) in [6, 6.07) is 0. The van der Waals surface area contributed by atoms with E-state index < -0.39 is 0 Å². The van der Waals surface area contributed by atoms with Gasteiger partial charge in [-0.3, -0.25) is 5.10 Å². The van der Waals surface area contributed by atoms with Gasteiger partial charge in [0, 0.05) is 66.0 Å². The van der Waals surface area contributed by atoms with E-state index in [-0.39, 0.29) is 0 Å². The van der Waals surface area contributed by atoms with Crippen molar-refractivity contribution >= 4 is 5.69 Å². The van der Waals surface area contributed by atoms with Crippen molar-refractivity contribution in [1.29, 1.82) is 0 Å². The third kappa shape index (κ3) is 57.3. The molecule has 0 aromatic carbocycles. The summed E-state index contributed by atoms with van der Waals surface area (Å²) in [7, 11) is 0. The third-order valence-electron chi connectivity index (χ3n) is 0.644. The molecule has 0 radical (unpaired) electrons. The second-order valence-corrected chi connectivity index (χ2v) is 1.15. The van der Waals surface area contributed by atoms with Crippen LogP contribution in [0.25, 0.3) is 10.4 Å². The van der Waals surface area contributed by atoms with Gasteiger partial charge in [-0.25, -0.2) is 0 Å². The third-order valence-corrected chi connectivity index (χ3v) is 0.644. The van der Waals surface area contributed by atoms with Gasteiger partial charge in [0.15, 0.2) is 0 Å². The Hall–Kier alpha value is -2.32. The molecule has 0 bridgehead atoms. The highest BCUT2D eigenvalue weighted by molar-refractivity contribution is 5.28. The van der Waals surface area contributed by atoms with Gasteiger partial charge in [-0.15, -0.1) is 0 Å². The van der Waals surface area contributed by atoms with Crippen LogP contribution in [0.4, 0.5) is 60.6 Å². The number of nitrogens with zero attached hydrogens (tertiary/aromatic N) is 4. The molecule has 1 aromatic rings. The fourth-order valence-corrected chi connectivity index (χ4v) is 0.350. The minimum Gasteiger partial charge on any atom is -0.285 e. The number of H-pyrrole nitrogens is 1. The smallest absolute Gasteiger partial charge is 0.0752 e. The standard InChI is InChI=1S/C3H3N5.6F2/c4-8-7-3-1-5-6-2-3;6*1-2/h1-2H,(H,5,6);;;;;;. The van der Waals surface area contributed by atoms with Gasteiger partial charge in [0.1, 0.15) is 0 Å². The highest BCUT2D eigenvalue weighted by Crippen LogP contribution is 2.04. The molecular formula is C3H3F12N5. The Balaban J connectivity index is -0.0000000350. The molecule has 0 spiro atoms. The summed E-state index contributed by atoms with van der Waals surface area (Å²) in [6.07, 6.45) is 2.96. The van der Waals surface area contributed by atoms with Gasteiger partial charge in [-0.05, 0) is 5.53 Å². The molecule has 0 unspecified atom stereocenters. The zero-order chi connectivity index (χ0) is 17.8. The molecule has 1 heterocycles. The summed E-state index contributed by atoms with van der Waals surface area (Å²) in [4.78, 5) is 2.54. The fraction of sp³-hybridized carbons (Fsp3) is 0. The summed E-state index contributed by atoms with van der Waals surface area (Å²) in [5.74, 6) is 0. The Morgan fingerprint density at radius 3 is 1.40 bits per heavy atom. The predicted octanol–water partition coefficient (Wildman–Crippen LogP) is 6.39. The summed E-state index contributed by atoms with van der Waals surface area (Å²) in [6.45, 7) is 0. The SMILES string of the molecule is FF.FF.FF.FF.FF.FF.[N-]=[N+]=Nc1cn[nH]c1. The van der Waals surface area contributed by atoms with Crippen LogP contribution in [0.15, 0.2) is 17.5 Å². The molecule has 0 atom stereocenters. The van der Waals surface area contributed by atoms with E-state index in [9.17, 15) is 0 Å². The quantitative estimate of drug-likeness (QED) is 0.274. The van der Waals surface area contributed by atoms with E-state index in [0.29, 0.717) is 5.69 Å². The molecule has 0 saturated heterocycles. The lowest BCUT2D eigenvalue weighted by Crippen LogP contribution is -1.53. The van der Waals surface area contributed by atoms with Crippen LogP contribution in [-0.2, 0) is 0 Å². The molecule has 0 fully saturated rings. The van der Waals surface area contributed by atoms with Crippen LogP contribution >= 0.6 is 0 Å². The average Bonchev–Trinajstić information content (AvgIpc) is 3.12. The monoisotopic (exact) mass is 337 g/mol. The number of rotatable bonds is 1. The van der Waals surface area contributed by atoms with Gasteiger partial charge in [0.2, 0.25) is 0 Å². The molecule has 0 amide bonds. The highest BCUT2D eigenvalue weighted by Gasteiger charge is 1.82. The van der Waals surface area contributed by atoms with Crippen LogP contribution in [0.5, 0.6) is 0 Å². The van der Waals surface area contributed by atoms with E-state index in [1.807, 2.05) is 0 Å². The van der Waals surface area contributed by atoms with E-state index in [1.54, 1.807) is 0 Å². The number of hydrogen-bond donors (Lipinski definition) is 1. The average molecular weight is 337 g/mol. The molecular weight excluding hydrogens is 334 g/mol. The summed E-state index contributed by atoms with van der Waals surface area (Å²) in [5, 5.41) is 9.30. The molecule has 124 valence electrons. The molecule has 5 nitrogen and oxygen atoms in total. The van der Waals surface area contributed by atoms with Crippen molar-refractivity contribution in [2.45, 2.75) is 0 Å². The van der Waals surface area contributed by atoms with Crippen LogP contribution in [0.3, 0.4) is 0 Å². The van der Waals surface area contributed by atoms with Crippen molar-refractivity contribution in [3.8, 4) is 0 Å². The van der Waals surface area contributed by atoms with Crippen LogP contribution in [0.2, 0.25) is 0 Å². The highest BCUT2D eigenvalue weighted by atomic mass is 20.0. The second kappa shape index (κ2) is 91.9. The van der Waals surface area contributed by atoms with E-state index >= 15 is 0 Å². The second-order valence-electron chi connectivity index (χ2n) is 1.15. The predicted molar refractivity (Wildman–Crippen MR) is 40.7 cm³/mol. The summed E-state index contributed by atoms with van der Waals surface area (Å²) >= 11 is 0. The number of aromatic amines is 1. The molecule has 0 aliphatic carbocycles.